The molecule has 0 spiro atoms. The van der Waals surface area contributed by atoms with Crippen molar-refractivity contribution in [2.75, 3.05) is 5.43 Å². The van der Waals surface area contributed by atoms with Crippen LogP contribution in [0.5, 0.6) is 11.5 Å². The number of aromatic nitrogens is 2. The van der Waals surface area contributed by atoms with E-state index in [-0.39, 0.29) is 11.5 Å². The van der Waals surface area contributed by atoms with E-state index >= 15 is 0 Å². The molecular formula is C19H18N4O2. The molecule has 0 saturated heterocycles. The average Bonchev–Trinajstić information content (AvgIpc) is 2.60. The number of anilines is 1. The molecule has 0 unspecified atom stereocenters. The molecule has 6 nitrogen and oxygen atoms in total. The van der Waals surface area contributed by atoms with Crippen LogP contribution in [-0.4, -0.2) is 25.9 Å². The van der Waals surface area contributed by atoms with E-state index in [4.69, 9.17) is 0 Å². The lowest BCUT2D eigenvalue weighted by atomic mass is 10.1. The number of aromatic hydroxyl groups is 2. The molecule has 0 radical (unpaired) electrons. The van der Waals surface area contributed by atoms with Gasteiger partial charge in [0.05, 0.1) is 11.3 Å². The highest BCUT2D eigenvalue weighted by Gasteiger charge is 2.09. The molecule has 1 aromatic heterocycles. The third-order valence-corrected chi connectivity index (χ3v) is 3.63. The van der Waals surface area contributed by atoms with Gasteiger partial charge in [-0.15, -0.1) is 0 Å². The van der Waals surface area contributed by atoms with Crippen molar-refractivity contribution in [1.82, 2.24) is 9.97 Å². The fraction of sp³-hybridized carbons (Fsp3) is 0.105. The molecule has 3 aromatic rings. The lowest BCUT2D eigenvalue weighted by Crippen LogP contribution is -2.03. The van der Waals surface area contributed by atoms with Gasteiger partial charge in [0, 0.05) is 17.3 Å². The van der Waals surface area contributed by atoms with Crippen LogP contribution < -0.4 is 5.43 Å². The Kier molecular flexibility index (Phi) is 4.61. The van der Waals surface area contributed by atoms with Crippen molar-refractivity contribution in [2.24, 2.45) is 5.10 Å². The predicted octanol–water partition coefficient (Wildman–Crippen LogP) is 3.70. The third kappa shape index (κ3) is 3.74. The lowest BCUT2D eigenvalue weighted by Gasteiger charge is -2.08. The van der Waals surface area contributed by atoms with Crippen molar-refractivity contribution in [3.8, 4) is 22.9 Å². The van der Waals surface area contributed by atoms with E-state index in [0.717, 1.165) is 5.69 Å². The molecule has 3 rings (SSSR count). The molecule has 3 N–H and O–H groups in total. The standard InChI is InChI=1S/C19H18N4O2/c1-12-11-18(21-19(20-12)15-8-4-6-10-17(15)25)23-22-13(2)14-7-3-5-9-16(14)24/h3-11,24-25H,1-2H3,(H,20,21,23). The van der Waals surface area contributed by atoms with E-state index in [2.05, 4.69) is 20.5 Å². The summed E-state index contributed by atoms with van der Waals surface area (Å²) >= 11 is 0. The number of hydrogen-bond acceptors (Lipinski definition) is 6. The Morgan fingerprint density at radius 2 is 1.64 bits per heavy atom. The maximum absolute atomic E-state index is 9.99. The van der Waals surface area contributed by atoms with Crippen LogP contribution in [0, 0.1) is 6.92 Å². The largest absolute Gasteiger partial charge is 0.507 e. The summed E-state index contributed by atoms with van der Waals surface area (Å²) in [6.45, 7) is 3.63. The van der Waals surface area contributed by atoms with Gasteiger partial charge in [0.15, 0.2) is 11.6 Å². The van der Waals surface area contributed by atoms with E-state index in [1.165, 1.54) is 0 Å². The first-order valence-electron chi connectivity index (χ1n) is 7.77. The molecule has 6 heteroatoms. The molecule has 2 aromatic carbocycles. The quantitative estimate of drug-likeness (QED) is 0.500. The second-order valence-corrected chi connectivity index (χ2v) is 5.56. The molecule has 25 heavy (non-hydrogen) atoms. The van der Waals surface area contributed by atoms with Crippen LogP contribution in [0.3, 0.4) is 0 Å². The molecule has 0 aliphatic carbocycles. The number of nitrogens with one attached hydrogen (secondary N) is 1. The Hall–Kier alpha value is -3.41. The van der Waals surface area contributed by atoms with Crippen LogP contribution in [0.15, 0.2) is 59.7 Å². The Balaban J connectivity index is 1.90. The van der Waals surface area contributed by atoms with Crippen LogP contribution in [-0.2, 0) is 0 Å². The SMILES string of the molecule is CC(=NNc1cc(C)nc(-c2ccccc2O)n1)c1ccccc1O. The summed E-state index contributed by atoms with van der Waals surface area (Å²) in [4.78, 5) is 8.77. The number of phenolic OH excluding ortho intramolecular Hbond substituents is 2. The smallest absolute Gasteiger partial charge is 0.165 e. The lowest BCUT2D eigenvalue weighted by molar-refractivity contribution is 0.474. The molecule has 0 aliphatic heterocycles. The number of hydrogen-bond donors (Lipinski definition) is 3. The molecule has 0 saturated carbocycles. The minimum atomic E-state index is 0.118. The molecule has 0 aliphatic rings. The molecule has 1 heterocycles. The summed E-state index contributed by atoms with van der Waals surface area (Å²) in [6, 6.07) is 15.6. The van der Waals surface area contributed by atoms with Crippen molar-refractivity contribution in [2.45, 2.75) is 13.8 Å². The number of rotatable bonds is 4. The number of hydrazone groups is 1. The zero-order valence-corrected chi connectivity index (χ0v) is 13.9. The number of para-hydroxylation sites is 2. The average molecular weight is 334 g/mol. The van der Waals surface area contributed by atoms with Crippen molar-refractivity contribution >= 4 is 11.5 Å². The number of nitrogens with zero attached hydrogens (tertiary/aromatic N) is 3. The van der Waals surface area contributed by atoms with Gasteiger partial charge >= 0.3 is 0 Å². The van der Waals surface area contributed by atoms with Crippen LogP contribution in [0.4, 0.5) is 5.82 Å². The normalized spacial score (nSPS) is 11.4. The maximum Gasteiger partial charge on any atom is 0.165 e. The van der Waals surface area contributed by atoms with Gasteiger partial charge in [-0.1, -0.05) is 24.3 Å². The van der Waals surface area contributed by atoms with Gasteiger partial charge in [0.2, 0.25) is 0 Å². The molecule has 0 amide bonds. The Morgan fingerprint density at radius 1 is 0.960 bits per heavy atom. The summed E-state index contributed by atoms with van der Waals surface area (Å²) in [7, 11) is 0. The predicted molar refractivity (Wildman–Crippen MR) is 97.8 cm³/mol. The summed E-state index contributed by atoms with van der Waals surface area (Å²) in [5.74, 6) is 1.20. The van der Waals surface area contributed by atoms with Gasteiger partial charge in [-0.2, -0.15) is 5.10 Å². The second-order valence-electron chi connectivity index (χ2n) is 5.56. The summed E-state index contributed by atoms with van der Waals surface area (Å²) in [5, 5.41) is 24.1. The summed E-state index contributed by atoms with van der Waals surface area (Å²) < 4.78 is 0. The molecule has 0 atom stereocenters. The monoisotopic (exact) mass is 334 g/mol. The zero-order chi connectivity index (χ0) is 17.8. The number of phenols is 2. The summed E-state index contributed by atoms with van der Waals surface area (Å²) in [5.41, 5.74) is 5.44. The van der Waals surface area contributed by atoms with Gasteiger partial charge in [-0.05, 0) is 38.1 Å². The van der Waals surface area contributed by atoms with E-state index in [9.17, 15) is 10.2 Å². The van der Waals surface area contributed by atoms with Crippen molar-refractivity contribution in [1.29, 1.82) is 0 Å². The maximum atomic E-state index is 9.99. The Bertz CT molecular complexity index is 938. The van der Waals surface area contributed by atoms with E-state index in [1.807, 2.05) is 19.1 Å². The van der Waals surface area contributed by atoms with Crippen LogP contribution in [0.1, 0.15) is 18.2 Å². The number of benzene rings is 2. The number of aryl methyl sites for hydroxylation is 1. The highest BCUT2D eigenvalue weighted by Crippen LogP contribution is 2.26. The molecular weight excluding hydrogens is 316 g/mol. The first-order chi connectivity index (χ1) is 12.0. The highest BCUT2D eigenvalue weighted by molar-refractivity contribution is 6.01. The molecule has 0 bridgehead atoms. The van der Waals surface area contributed by atoms with Crippen LogP contribution in [0.25, 0.3) is 11.4 Å². The van der Waals surface area contributed by atoms with Crippen molar-refractivity contribution < 1.29 is 10.2 Å². The van der Waals surface area contributed by atoms with Crippen LogP contribution in [0.2, 0.25) is 0 Å². The Morgan fingerprint density at radius 3 is 2.36 bits per heavy atom. The zero-order valence-electron chi connectivity index (χ0n) is 13.9. The first kappa shape index (κ1) is 16.4. The topological polar surface area (TPSA) is 90.6 Å². The van der Waals surface area contributed by atoms with Gasteiger partial charge < -0.3 is 10.2 Å². The Labute approximate surface area is 145 Å². The first-order valence-corrected chi connectivity index (χ1v) is 7.77. The fourth-order valence-corrected chi connectivity index (χ4v) is 2.39. The minimum Gasteiger partial charge on any atom is -0.507 e. The molecule has 126 valence electrons. The van der Waals surface area contributed by atoms with Gasteiger partial charge in [-0.25, -0.2) is 9.97 Å². The summed E-state index contributed by atoms with van der Waals surface area (Å²) in [6.07, 6.45) is 0. The van der Waals surface area contributed by atoms with Crippen molar-refractivity contribution in [3.63, 3.8) is 0 Å². The highest BCUT2D eigenvalue weighted by atomic mass is 16.3. The third-order valence-electron chi connectivity index (χ3n) is 3.63. The molecule has 0 fully saturated rings. The fourth-order valence-electron chi connectivity index (χ4n) is 2.39. The minimum absolute atomic E-state index is 0.118. The van der Waals surface area contributed by atoms with Gasteiger partial charge in [-0.3, -0.25) is 5.43 Å². The van der Waals surface area contributed by atoms with Gasteiger partial charge in [0.1, 0.15) is 11.5 Å². The van der Waals surface area contributed by atoms with E-state index in [1.54, 1.807) is 49.4 Å². The second kappa shape index (κ2) is 7.00. The van der Waals surface area contributed by atoms with Crippen molar-refractivity contribution in [3.05, 3.63) is 65.9 Å². The van der Waals surface area contributed by atoms with E-state index in [0.29, 0.717) is 28.5 Å². The van der Waals surface area contributed by atoms with E-state index < -0.39 is 0 Å². The van der Waals surface area contributed by atoms with Gasteiger partial charge in [0.25, 0.3) is 0 Å². The van der Waals surface area contributed by atoms with Crippen LogP contribution >= 0.6 is 0 Å².